The van der Waals surface area contributed by atoms with Gasteiger partial charge in [-0.25, -0.2) is 8.42 Å². The Balaban J connectivity index is 1.68. The number of carbonyl (C=O) groups excluding carboxylic acids is 1. The number of amides is 1. The molecule has 8 heteroatoms. The fraction of sp³-hybridized carbons (Fsp3) is 0.292. The molecular formula is C24H25ClN2O4S. The van der Waals surface area contributed by atoms with Crippen LogP contribution in [-0.2, 0) is 23.0 Å². The maximum Gasteiger partial charge on any atom is 0.265 e. The van der Waals surface area contributed by atoms with Crippen LogP contribution in [0.25, 0.3) is 0 Å². The van der Waals surface area contributed by atoms with Crippen molar-refractivity contribution in [3.05, 3.63) is 82.3 Å². The number of halogens is 1. The van der Waals surface area contributed by atoms with Crippen LogP contribution >= 0.6 is 11.6 Å². The zero-order valence-electron chi connectivity index (χ0n) is 18.2. The first-order valence-corrected chi connectivity index (χ1v) is 12.3. The summed E-state index contributed by atoms with van der Waals surface area (Å²) >= 11 is 6.32. The van der Waals surface area contributed by atoms with Crippen molar-refractivity contribution in [2.24, 2.45) is 0 Å². The van der Waals surface area contributed by atoms with E-state index in [1.807, 2.05) is 51.1 Å². The molecule has 0 aliphatic carbocycles. The number of anilines is 1. The Morgan fingerprint density at radius 1 is 1.16 bits per heavy atom. The maximum absolute atomic E-state index is 13.5. The van der Waals surface area contributed by atoms with Gasteiger partial charge in [-0.1, -0.05) is 29.8 Å². The number of carbonyl (C=O) groups is 1. The number of benzene rings is 2. The van der Waals surface area contributed by atoms with Gasteiger partial charge in [0.05, 0.1) is 17.3 Å². The maximum atomic E-state index is 13.5. The Bertz CT molecular complexity index is 1270. The summed E-state index contributed by atoms with van der Waals surface area (Å²) in [5.41, 5.74) is 1.88. The van der Waals surface area contributed by atoms with E-state index >= 15 is 0 Å². The van der Waals surface area contributed by atoms with E-state index in [1.165, 1.54) is 16.4 Å². The molecule has 0 bridgehead atoms. The molecule has 0 saturated carbocycles. The van der Waals surface area contributed by atoms with Gasteiger partial charge in [0.15, 0.2) is 0 Å². The van der Waals surface area contributed by atoms with Crippen LogP contribution in [0.4, 0.5) is 5.69 Å². The zero-order chi connectivity index (χ0) is 23.0. The second-order valence-corrected chi connectivity index (χ2v) is 10.4. The largest absolute Gasteiger partial charge is 0.464 e. The number of rotatable bonds is 6. The van der Waals surface area contributed by atoms with Crippen LogP contribution in [0.1, 0.15) is 41.3 Å². The SMILES string of the molecule is Cc1ccc(CN(C(=O)c2ccc(Cl)c(S(=O)(=O)N3CCc4ccccc43)c2)C(C)C)o1. The molecular weight excluding hydrogens is 448 g/mol. The molecule has 1 amide bonds. The van der Waals surface area contributed by atoms with Gasteiger partial charge in [-0.15, -0.1) is 0 Å². The first-order chi connectivity index (χ1) is 15.2. The Hall–Kier alpha value is -2.77. The van der Waals surface area contributed by atoms with Gasteiger partial charge in [-0.05, 0) is 69.2 Å². The average Bonchev–Trinajstić information content (AvgIpc) is 3.37. The highest BCUT2D eigenvalue weighted by molar-refractivity contribution is 7.93. The van der Waals surface area contributed by atoms with Crippen LogP contribution in [-0.4, -0.2) is 31.8 Å². The summed E-state index contributed by atoms with van der Waals surface area (Å²) in [6, 6.07) is 15.4. The van der Waals surface area contributed by atoms with Crippen LogP contribution < -0.4 is 4.31 Å². The van der Waals surface area contributed by atoms with Gasteiger partial charge in [-0.3, -0.25) is 9.10 Å². The van der Waals surface area contributed by atoms with Crippen molar-refractivity contribution in [1.29, 1.82) is 0 Å². The van der Waals surface area contributed by atoms with E-state index in [0.29, 0.717) is 24.4 Å². The molecule has 168 valence electrons. The summed E-state index contributed by atoms with van der Waals surface area (Å²) in [4.78, 5) is 14.9. The minimum Gasteiger partial charge on any atom is -0.464 e. The molecule has 0 N–H and O–H groups in total. The molecule has 0 fully saturated rings. The fourth-order valence-corrected chi connectivity index (χ4v) is 5.91. The van der Waals surface area contributed by atoms with E-state index in [0.717, 1.165) is 11.3 Å². The monoisotopic (exact) mass is 472 g/mol. The Morgan fingerprint density at radius 3 is 2.59 bits per heavy atom. The van der Waals surface area contributed by atoms with E-state index in [2.05, 4.69) is 0 Å². The Morgan fingerprint density at radius 2 is 1.91 bits per heavy atom. The van der Waals surface area contributed by atoms with Crippen LogP contribution in [0, 0.1) is 6.92 Å². The van der Waals surface area contributed by atoms with Crippen LogP contribution in [0.2, 0.25) is 5.02 Å². The normalized spacial score (nSPS) is 13.5. The highest BCUT2D eigenvalue weighted by atomic mass is 35.5. The molecule has 0 saturated heterocycles. The number of hydrogen-bond donors (Lipinski definition) is 0. The van der Waals surface area contributed by atoms with E-state index in [9.17, 15) is 13.2 Å². The first-order valence-electron chi connectivity index (χ1n) is 10.4. The van der Waals surface area contributed by atoms with Crippen molar-refractivity contribution < 1.29 is 17.6 Å². The number of hydrogen-bond acceptors (Lipinski definition) is 4. The highest BCUT2D eigenvalue weighted by Gasteiger charge is 2.33. The van der Waals surface area contributed by atoms with Crippen molar-refractivity contribution in [2.45, 2.75) is 44.7 Å². The number of furan rings is 1. The topological polar surface area (TPSA) is 70.8 Å². The molecule has 32 heavy (non-hydrogen) atoms. The molecule has 2 aromatic carbocycles. The number of nitrogens with zero attached hydrogens (tertiary/aromatic N) is 2. The third kappa shape index (κ3) is 4.14. The minimum atomic E-state index is -3.93. The van der Waals surface area contributed by atoms with Gasteiger partial charge in [0.2, 0.25) is 0 Å². The summed E-state index contributed by atoms with van der Waals surface area (Å²) in [6.45, 7) is 6.28. The molecule has 0 spiro atoms. The standard InChI is InChI=1S/C24H25ClN2O4S/c1-16(2)26(15-20-10-8-17(3)31-20)24(28)19-9-11-21(25)23(14-19)32(29,30)27-13-12-18-6-4-5-7-22(18)27/h4-11,14,16H,12-13,15H2,1-3H3. The zero-order valence-corrected chi connectivity index (χ0v) is 19.8. The number of sulfonamides is 1. The molecule has 2 heterocycles. The Labute approximate surface area is 193 Å². The van der Waals surface area contributed by atoms with Gasteiger partial charge in [0.25, 0.3) is 15.9 Å². The van der Waals surface area contributed by atoms with E-state index < -0.39 is 10.0 Å². The highest BCUT2D eigenvalue weighted by Crippen LogP contribution is 2.35. The molecule has 6 nitrogen and oxygen atoms in total. The summed E-state index contributed by atoms with van der Waals surface area (Å²) < 4.78 is 34.0. The predicted octanol–water partition coefficient (Wildman–Crippen LogP) is 5.04. The van der Waals surface area contributed by atoms with Gasteiger partial charge >= 0.3 is 0 Å². The minimum absolute atomic E-state index is 0.0701. The summed E-state index contributed by atoms with van der Waals surface area (Å²) in [5.74, 6) is 1.14. The van der Waals surface area contributed by atoms with Crippen LogP contribution in [0.15, 0.2) is 63.9 Å². The van der Waals surface area contributed by atoms with E-state index in [4.69, 9.17) is 16.0 Å². The van der Waals surface area contributed by atoms with Crippen molar-refractivity contribution >= 4 is 33.2 Å². The molecule has 0 radical (unpaired) electrons. The third-order valence-corrected chi connectivity index (χ3v) is 7.89. The predicted molar refractivity (Wildman–Crippen MR) is 125 cm³/mol. The molecule has 1 aliphatic heterocycles. The first kappa shape index (κ1) is 22.4. The summed E-state index contributed by atoms with van der Waals surface area (Å²) in [6.07, 6.45) is 0.634. The lowest BCUT2D eigenvalue weighted by atomic mass is 10.1. The number of aryl methyl sites for hydroxylation is 1. The lowest BCUT2D eigenvalue weighted by molar-refractivity contribution is 0.0675. The molecule has 4 rings (SSSR count). The van der Waals surface area contributed by atoms with E-state index in [-0.39, 0.29) is 34.0 Å². The number of fused-ring (bicyclic) bond motifs is 1. The molecule has 0 unspecified atom stereocenters. The summed E-state index contributed by atoms with van der Waals surface area (Å²) in [7, 11) is -3.93. The van der Waals surface area contributed by atoms with Crippen molar-refractivity contribution in [3.63, 3.8) is 0 Å². The smallest absolute Gasteiger partial charge is 0.265 e. The Kier molecular flexibility index (Phi) is 6.05. The van der Waals surface area contributed by atoms with Crippen molar-refractivity contribution in [1.82, 2.24) is 4.90 Å². The average molecular weight is 473 g/mol. The second kappa shape index (κ2) is 8.64. The van der Waals surface area contributed by atoms with E-state index in [1.54, 1.807) is 17.0 Å². The lowest BCUT2D eigenvalue weighted by Crippen LogP contribution is -2.36. The number of para-hydroxylation sites is 1. The van der Waals surface area contributed by atoms with Crippen LogP contribution in [0.3, 0.4) is 0 Å². The molecule has 3 aromatic rings. The van der Waals surface area contributed by atoms with Crippen molar-refractivity contribution in [2.75, 3.05) is 10.8 Å². The molecule has 1 aliphatic rings. The summed E-state index contributed by atoms with van der Waals surface area (Å²) in [5, 5.41) is 0.0867. The van der Waals surface area contributed by atoms with Crippen molar-refractivity contribution in [3.8, 4) is 0 Å². The van der Waals surface area contributed by atoms with Gasteiger partial charge in [-0.2, -0.15) is 0 Å². The van der Waals surface area contributed by atoms with Gasteiger partial charge in [0, 0.05) is 18.2 Å². The molecule has 0 atom stereocenters. The van der Waals surface area contributed by atoms with Gasteiger partial charge < -0.3 is 9.32 Å². The van der Waals surface area contributed by atoms with Crippen LogP contribution in [0.5, 0.6) is 0 Å². The fourth-order valence-electron chi connectivity index (χ4n) is 3.90. The molecule has 1 aromatic heterocycles. The second-order valence-electron chi connectivity index (χ2n) is 8.14. The lowest BCUT2D eigenvalue weighted by Gasteiger charge is -2.26. The third-order valence-electron chi connectivity index (χ3n) is 5.60. The van der Waals surface area contributed by atoms with Gasteiger partial charge in [0.1, 0.15) is 16.4 Å². The quantitative estimate of drug-likeness (QED) is 0.503.